The molecule has 0 bridgehead atoms. The Morgan fingerprint density at radius 3 is 2.53 bits per heavy atom. The Labute approximate surface area is 105 Å². The maximum absolute atomic E-state index is 6.48. The zero-order chi connectivity index (χ0) is 12.0. The number of ether oxygens (including phenoxy) is 2. The Morgan fingerprint density at radius 2 is 1.88 bits per heavy atom. The monoisotopic (exact) mass is 241 g/mol. The molecular formula is C14H27NO2. The zero-order valence-electron chi connectivity index (χ0n) is 11.2. The van der Waals surface area contributed by atoms with E-state index >= 15 is 0 Å². The van der Waals surface area contributed by atoms with Gasteiger partial charge in [0.1, 0.15) is 0 Å². The van der Waals surface area contributed by atoms with E-state index in [2.05, 4.69) is 12.2 Å². The summed E-state index contributed by atoms with van der Waals surface area (Å²) in [6, 6.07) is 0. The molecule has 0 amide bonds. The van der Waals surface area contributed by atoms with Crippen LogP contribution >= 0.6 is 0 Å². The first kappa shape index (κ1) is 13.3. The first-order valence-electron chi connectivity index (χ1n) is 7.31. The summed E-state index contributed by atoms with van der Waals surface area (Å²) in [6.07, 6.45) is 9.09. The van der Waals surface area contributed by atoms with Crippen LogP contribution in [0.3, 0.4) is 0 Å². The van der Waals surface area contributed by atoms with E-state index < -0.39 is 0 Å². The molecule has 1 saturated heterocycles. The van der Waals surface area contributed by atoms with Gasteiger partial charge in [0, 0.05) is 19.8 Å². The molecular weight excluding hydrogens is 214 g/mol. The van der Waals surface area contributed by atoms with Gasteiger partial charge in [0.2, 0.25) is 0 Å². The predicted octanol–water partition coefficient (Wildman–Crippen LogP) is 2.49. The average molecular weight is 241 g/mol. The smallest absolute Gasteiger partial charge is 0.0810 e. The Kier molecular flexibility index (Phi) is 5.26. The van der Waals surface area contributed by atoms with Crippen molar-refractivity contribution >= 4 is 0 Å². The number of likely N-dealkylation sites (N-methyl/N-ethyl adjacent to an activating group) is 1. The first-order chi connectivity index (χ1) is 8.35. The molecule has 0 spiro atoms. The molecule has 1 aliphatic carbocycles. The molecule has 1 saturated carbocycles. The van der Waals surface area contributed by atoms with Crippen LogP contribution in [-0.4, -0.2) is 38.0 Å². The summed E-state index contributed by atoms with van der Waals surface area (Å²) in [7, 11) is 0. The van der Waals surface area contributed by atoms with Crippen molar-refractivity contribution < 1.29 is 9.47 Å². The molecule has 1 aliphatic heterocycles. The van der Waals surface area contributed by atoms with Crippen LogP contribution in [0.2, 0.25) is 0 Å². The van der Waals surface area contributed by atoms with Gasteiger partial charge < -0.3 is 14.8 Å². The molecule has 3 heteroatoms. The molecule has 0 unspecified atom stereocenters. The van der Waals surface area contributed by atoms with E-state index in [-0.39, 0.29) is 5.60 Å². The summed E-state index contributed by atoms with van der Waals surface area (Å²) in [5.74, 6) is 0. The minimum Gasteiger partial charge on any atom is -0.381 e. The van der Waals surface area contributed by atoms with Gasteiger partial charge in [-0.1, -0.05) is 26.2 Å². The van der Waals surface area contributed by atoms with Gasteiger partial charge in [0.15, 0.2) is 0 Å². The lowest BCUT2D eigenvalue weighted by Crippen LogP contribution is -2.47. The molecule has 0 radical (unpaired) electrons. The fourth-order valence-electron chi connectivity index (χ4n) is 3.03. The van der Waals surface area contributed by atoms with Crippen molar-refractivity contribution in [2.24, 2.45) is 0 Å². The molecule has 0 aromatic rings. The van der Waals surface area contributed by atoms with Crippen molar-refractivity contribution in [3.8, 4) is 0 Å². The Morgan fingerprint density at radius 1 is 1.18 bits per heavy atom. The fourth-order valence-corrected chi connectivity index (χ4v) is 3.03. The number of hydrogen-bond donors (Lipinski definition) is 1. The highest BCUT2D eigenvalue weighted by atomic mass is 16.5. The van der Waals surface area contributed by atoms with Crippen molar-refractivity contribution in [2.75, 3.05) is 26.3 Å². The molecule has 0 aromatic carbocycles. The summed E-state index contributed by atoms with van der Waals surface area (Å²) in [5, 5.41) is 3.49. The third-order valence-electron chi connectivity index (χ3n) is 4.05. The Balaban J connectivity index is 1.88. The molecule has 17 heavy (non-hydrogen) atoms. The first-order valence-corrected chi connectivity index (χ1v) is 7.31. The van der Waals surface area contributed by atoms with Gasteiger partial charge in [-0.3, -0.25) is 0 Å². The van der Waals surface area contributed by atoms with Gasteiger partial charge in [-0.25, -0.2) is 0 Å². The number of rotatable bonds is 5. The van der Waals surface area contributed by atoms with Crippen LogP contribution in [0.1, 0.15) is 51.9 Å². The van der Waals surface area contributed by atoms with Gasteiger partial charge in [-0.05, 0) is 32.2 Å². The van der Waals surface area contributed by atoms with Crippen LogP contribution in [0.4, 0.5) is 0 Å². The van der Waals surface area contributed by atoms with E-state index in [1.54, 1.807) is 0 Å². The second-order valence-electron chi connectivity index (χ2n) is 5.45. The van der Waals surface area contributed by atoms with Crippen LogP contribution in [0.15, 0.2) is 0 Å². The van der Waals surface area contributed by atoms with Crippen molar-refractivity contribution in [3.63, 3.8) is 0 Å². The van der Waals surface area contributed by atoms with Crippen LogP contribution in [0, 0.1) is 0 Å². The van der Waals surface area contributed by atoms with Crippen molar-refractivity contribution in [1.82, 2.24) is 5.32 Å². The lowest BCUT2D eigenvalue weighted by molar-refractivity contribution is -0.138. The van der Waals surface area contributed by atoms with Crippen LogP contribution in [-0.2, 0) is 9.47 Å². The lowest BCUT2D eigenvalue weighted by Gasteiger charge is -2.41. The zero-order valence-corrected chi connectivity index (χ0v) is 11.2. The molecule has 0 aromatic heterocycles. The summed E-state index contributed by atoms with van der Waals surface area (Å²) in [5.41, 5.74) is 0.121. The van der Waals surface area contributed by atoms with Gasteiger partial charge in [-0.15, -0.1) is 0 Å². The highest BCUT2D eigenvalue weighted by Crippen LogP contribution is 2.33. The fraction of sp³-hybridized carbons (Fsp3) is 1.00. The standard InChI is InChI=1S/C14H27NO2/c1-2-15-12-14(8-4-3-5-9-14)17-13-6-10-16-11-7-13/h13,15H,2-12H2,1H3. The molecule has 2 fully saturated rings. The molecule has 100 valence electrons. The SMILES string of the molecule is CCNCC1(OC2CCOCC2)CCCCC1. The van der Waals surface area contributed by atoms with Crippen LogP contribution in [0.25, 0.3) is 0 Å². The van der Waals surface area contributed by atoms with E-state index in [0.29, 0.717) is 6.10 Å². The Bertz CT molecular complexity index is 208. The summed E-state index contributed by atoms with van der Waals surface area (Å²) >= 11 is 0. The highest BCUT2D eigenvalue weighted by Gasteiger charge is 2.35. The summed E-state index contributed by atoms with van der Waals surface area (Å²) in [6.45, 7) is 5.99. The lowest BCUT2D eigenvalue weighted by atomic mass is 9.84. The average Bonchev–Trinajstić information content (AvgIpc) is 2.39. The largest absolute Gasteiger partial charge is 0.381 e. The van der Waals surface area contributed by atoms with E-state index in [1.165, 1.54) is 32.1 Å². The van der Waals surface area contributed by atoms with Gasteiger partial charge in [0.05, 0.1) is 11.7 Å². The number of hydrogen-bond acceptors (Lipinski definition) is 3. The summed E-state index contributed by atoms with van der Waals surface area (Å²) < 4.78 is 11.9. The van der Waals surface area contributed by atoms with Gasteiger partial charge in [-0.2, -0.15) is 0 Å². The number of nitrogens with one attached hydrogen (secondary N) is 1. The molecule has 1 N–H and O–H groups in total. The highest BCUT2D eigenvalue weighted by molar-refractivity contribution is 4.88. The van der Waals surface area contributed by atoms with E-state index in [0.717, 1.165) is 39.1 Å². The van der Waals surface area contributed by atoms with Crippen molar-refractivity contribution in [2.45, 2.75) is 63.6 Å². The van der Waals surface area contributed by atoms with Gasteiger partial charge >= 0.3 is 0 Å². The minimum absolute atomic E-state index is 0.121. The summed E-state index contributed by atoms with van der Waals surface area (Å²) in [4.78, 5) is 0. The quantitative estimate of drug-likeness (QED) is 0.802. The van der Waals surface area contributed by atoms with E-state index in [4.69, 9.17) is 9.47 Å². The van der Waals surface area contributed by atoms with Crippen LogP contribution < -0.4 is 5.32 Å². The van der Waals surface area contributed by atoms with Crippen molar-refractivity contribution in [3.05, 3.63) is 0 Å². The second-order valence-corrected chi connectivity index (χ2v) is 5.45. The minimum atomic E-state index is 0.121. The van der Waals surface area contributed by atoms with E-state index in [9.17, 15) is 0 Å². The normalized spacial score (nSPS) is 25.9. The molecule has 2 aliphatic rings. The third kappa shape index (κ3) is 3.94. The molecule has 0 atom stereocenters. The maximum atomic E-state index is 6.48. The van der Waals surface area contributed by atoms with Gasteiger partial charge in [0.25, 0.3) is 0 Å². The van der Waals surface area contributed by atoms with Crippen LogP contribution in [0.5, 0.6) is 0 Å². The second kappa shape index (κ2) is 6.72. The van der Waals surface area contributed by atoms with Crippen molar-refractivity contribution in [1.29, 1.82) is 0 Å². The third-order valence-corrected chi connectivity index (χ3v) is 4.05. The van der Waals surface area contributed by atoms with E-state index in [1.807, 2.05) is 0 Å². The molecule has 2 rings (SSSR count). The predicted molar refractivity (Wildman–Crippen MR) is 69.3 cm³/mol. The molecule has 1 heterocycles. The Hall–Kier alpha value is -0.120. The maximum Gasteiger partial charge on any atom is 0.0810 e. The molecule has 3 nitrogen and oxygen atoms in total. The topological polar surface area (TPSA) is 30.5 Å².